The zero-order valence-electron chi connectivity index (χ0n) is 14.1. The first-order valence-corrected chi connectivity index (χ1v) is 7.69. The number of carbonyl (C=O) groups is 1. The van der Waals surface area contributed by atoms with Crippen molar-refractivity contribution in [2.75, 3.05) is 19.0 Å². The van der Waals surface area contributed by atoms with Gasteiger partial charge in [0.25, 0.3) is 5.91 Å². The summed E-state index contributed by atoms with van der Waals surface area (Å²) in [6.07, 6.45) is 0. The Morgan fingerprint density at radius 1 is 0.957 bits per heavy atom. The molecule has 2 aromatic rings. The van der Waals surface area contributed by atoms with Crippen molar-refractivity contribution in [3.05, 3.63) is 65.7 Å². The minimum atomic E-state index is -0.204. The molecule has 0 bridgehead atoms. The highest BCUT2D eigenvalue weighted by atomic mass is 16.2. The molecular weight excluding hydrogens is 286 g/mol. The van der Waals surface area contributed by atoms with Crippen molar-refractivity contribution < 1.29 is 4.79 Å². The van der Waals surface area contributed by atoms with Crippen molar-refractivity contribution in [3.8, 4) is 0 Å². The van der Waals surface area contributed by atoms with E-state index in [9.17, 15) is 4.79 Å². The summed E-state index contributed by atoms with van der Waals surface area (Å²) >= 11 is 0. The van der Waals surface area contributed by atoms with Crippen LogP contribution in [0.2, 0.25) is 0 Å². The van der Waals surface area contributed by atoms with Gasteiger partial charge < -0.3 is 4.90 Å². The molecule has 0 radical (unpaired) electrons. The topological polar surface area (TPSA) is 44.7 Å². The lowest BCUT2D eigenvalue weighted by molar-refractivity contribution is 0.0954. The van der Waals surface area contributed by atoms with Gasteiger partial charge in [0.2, 0.25) is 0 Å². The van der Waals surface area contributed by atoms with Gasteiger partial charge in [0.1, 0.15) is 0 Å². The van der Waals surface area contributed by atoms with Crippen molar-refractivity contribution in [1.82, 2.24) is 5.43 Å². The third-order valence-electron chi connectivity index (χ3n) is 3.54. The van der Waals surface area contributed by atoms with Gasteiger partial charge in [-0.1, -0.05) is 44.2 Å². The average molecular weight is 309 g/mol. The maximum absolute atomic E-state index is 12.3. The van der Waals surface area contributed by atoms with Crippen LogP contribution < -0.4 is 10.3 Å². The van der Waals surface area contributed by atoms with Crippen molar-refractivity contribution in [2.45, 2.75) is 13.8 Å². The molecule has 0 saturated heterocycles. The Balaban J connectivity index is 2.14. The summed E-state index contributed by atoms with van der Waals surface area (Å²) in [5, 5.41) is 4.33. The predicted octanol–water partition coefficient (Wildman–Crippen LogP) is 3.54. The number of anilines is 1. The van der Waals surface area contributed by atoms with Gasteiger partial charge in [-0.15, -0.1) is 0 Å². The summed E-state index contributed by atoms with van der Waals surface area (Å²) in [5.74, 6) is 0.0122. The summed E-state index contributed by atoms with van der Waals surface area (Å²) in [6, 6.07) is 17.3. The Morgan fingerprint density at radius 2 is 1.57 bits per heavy atom. The monoisotopic (exact) mass is 309 g/mol. The Morgan fingerprint density at radius 3 is 2.09 bits per heavy atom. The number of hydrazone groups is 1. The predicted molar refractivity (Wildman–Crippen MR) is 96.1 cm³/mol. The van der Waals surface area contributed by atoms with Crippen LogP contribution in [0.1, 0.15) is 29.8 Å². The van der Waals surface area contributed by atoms with Gasteiger partial charge in [0.05, 0.1) is 5.71 Å². The van der Waals surface area contributed by atoms with Gasteiger partial charge in [-0.2, -0.15) is 5.10 Å². The molecule has 2 rings (SSSR count). The molecule has 0 aliphatic heterocycles. The molecule has 0 unspecified atom stereocenters. The van der Waals surface area contributed by atoms with Crippen LogP contribution in [0.4, 0.5) is 5.69 Å². The van der Waals surface area contributed by atoms with Gasteiger partial charge in [-0.05, 0) is 35.7 Å². The molecule has 2 aromatic carbocycles. The van der Waals surface area contributed by atoms with E-state index in [0.29, 0.717) is 5.56 Å². The molecule has 1 amide bonds. The lowest BCUT2D eigenvalue weighted by Gasteiger charge is -2.13. The van der Waals surface area contributed by atoms with E-state index in [1.54, 1.807) is 12.1 Å². The van der Waals surface area contributed by atoms with Crippen molar-refractivity contribution in [1.29, 1.82) is 0 Å². The summed E-state index contributed by atoms with van der Waals surface area (Å²) in [6.45, 7) is 4.12. The molecule has 4 heteroatoms. The zero-order chi connectivity index (χ0) is 16.8. The maximum atomic E-state index is 12.3. The number of benzene rings is 2. The molecule has 1 N–H and O–H groups in total. The fourth-order valence-electron chi connectivity index (χ4n) is 2.22. The number of hydrogen-bond acceptors (Lipinski definition) is 3. The molecule has 23 heavy (non-hydrogen) atoms. The zero-order valence-corrected chi connectivity index (χ0v) is 14.1. The van der Waals surface area contributed by atoms with Gasteiger partial charge in [-0.3, -0.25) is 4.79 Å². The Labute approximate surface area is 137 Å². The SMILES string of the molecule is CC(C)/C(=N\NC(=O)c1ccc(N(C)C)cc1)c1ccccc1. The van der Waals surface area contributed by atoms with Crippen molar-refractivity contribution in [3.63, 3.8) is 0 Å². The summed E-state index contributed by atoms with van der Waals surface area (Å²) < 4.78 is 0. The van der Waals surface area contributed by atoms with Crippen LogP contribution in [0.3, 0.4) is 0 Å². The quantitative estimate of drug-likeness (QED) is 0.678. The molecule has 0 saturated carbocycles. The average Bonchev–Trinajstić information content (AvgIpc) is 2.55. The van der Waals surface area contributed by atoms with Crippen LogP contribution in [0.25, 0.3) is 0 Å². The van der Waals surface area contributed by atoms with E-state index in [-0.39, 0.29) is 11.8 Å². The highest BCUT2D eigenvalue weighted by Crippen LogP contribution is 2.13. The number of nitrogens with one attached hydrogen (secondary N) is 1. The Kier molecular flexibility index (Phi) is 5.52. The molecule has 0 aliphatic rings. The van der Waals surface area contributed by atoms with Crippen molar-refractivity contribution in [2.24, 2.45) is 11.0 Å². The first-order valence-electron chi connectivity index (χ1n) is 7.69. The van der Waals surface area contributed by atoms with Crippen LogP contribution in [0.5, 0.6) is 0 Å². The Hall–Kier alpha value is -2.62. The number of hydrogen-bond donors (Lipinski definition) is 1. The van der Waals surface area contributed by atoms with Crippen molar-refractivity contribution >= 4 is 17.3 Å². The lowest BCUT2D eigenvalue weighted by atomic mass is 10.0. The molecular formula is C19H23N3O. The van der Waals surface area contributed by atoms with E-state index in [1.165, 1.54) is 0 Å². The lowest BCUT2D eigenvalue weighted by Crippen LogP contribution is -2.22. The number of carbonyl (C=O) groups excluding carboxylic acids is 1. The minimum absolute atomic E-state index is 0.204. The molecule has 120 valence electrons. The molecule has 0 spiro atoms. The normalized spacial score (nSPS) is 11.4. The van der Waals surface area contributed by atoms with Crippen LogP contribution in [-0.4, -0.2) is 25.7 Å². The van der Waals surface area contributed by atoms with E-state index >= 15 is 0 Å². The second-order valence-corrected chi connectivity index (χ2v) is 5.90. The number of nitrogens with zero attached hydrogens (tertiary/aromatic N) is 2. The van der Waals surface area contributed by atoms with Crippen LogP contribution in [-0.2, 0) is 0 Å². The largest absolute Gasteiger partial charge is 0.378 e. The van der Waals surface area contributed by atoms with Crippen LogP contribution in [0.15, 0.2) is 59.7 Å². The van der Waals surface area contributed by atoms with Gasteiger partial charge in [0, 0.05) is 25.3 Å². The summed E-state index contributed by atoms with van der Waals surface area (Å²) in [4.78, 5) is 14.2. The second-order valence-electron chi connectivity index (χ2n) is 5.90. The molecule has 0 aliphatic carbocycles. The highest BCUT2D eigenvalue weighted by molar-refractivity contribution is 6.03. The number of amides is 1. The molecule has 0 heterocycles. The first-order chi connectivity index (χ1) is 11.0. The standard InChI is InChI=1S/C19H23N3O/c1-14(2)18(15-8-6-5-7-9-15)20-21-19(23)16-10-12-17(13-11-16)22(3)4/h5-14H,1-4H3,(H,21,23)/b20-18+. The molecule has 0 fully saturated rings. The van der Waals surface area contributed by atoms with Crippen LogP contribution in [0, 0.1) is 5.92 Å². The molecule has 0 aromatic heterocycles. The van der Waals surface area contributed by atoms with E-state index in [2.05, 4.69) is 24.4 Å². The summed E-state index contributed by atoms with van der Waals surface area (Å²) in [5.41, 5.74) is 6.19. The highest BCUT2D eigenvalue weighted by Gasteiger charge is 2.10. The van der Waals surface area contributed by atoms with Gasteiger partial charge in [0.15, 0.2) is 0 Å². The van der Waals surface area contributed by atoms with Crippen LogP contribution >= 0.6 is 0 Å². The number of rotatable bonds is 5. The minimum Gasteiger partial charge on any atom is -0.378 e. The third-order valence-corrected chi connectivity index (χ3v) is 3.54. The maximum Gasteiger partial charge on any atom is 0.271 e. The fraction of sp³-hybridized carbons (Fsp3) is 0.263. The van der Waals surface area contributed by atoms with E-state index in [1.807, 2.05) is 61.5 Å². The third kappa shape index (κ3) is 4.42. The van der Waals surface area contributed by atoms with Gasteiger partial charge in [-0.25, -0.2) is 5.43 Å². The fourth-order valence-corrected chi connectivity index (χ4v) is 2.22. The van der Waals surface area contributed by atoms with E-state index in [4.69, 9.17) is 0 Å². The van der Waals surface area contributed by atoms with Gasteiger partial charge >= 0.3 is 0 Å². The summed E-state index contributed by atoms with van der Waals surface area (Å²) in [7, 11) is 3.93. The second kappa shape index (κ2) is 7.58. The Bertz CT molecular complexity index is 674. The molecule has 0 atom stereocenters. The molecule has 4 nitrogen and oxygen atoms in total. The van der Waals surface area contributed by atoms with E-state index < -0.39 is 0 Å². The van der Waals surface area contributed by atoms with E-state index in [0.717, 1.165) is 17.0 Å². The smallest absolute Gasteiger partial charge is 0.271 e. The first kappa shape index (κ1) is 16.7.